The normalized spacial score (nSPS) is 14.1. The van der Waals surface area contributed by atoms with Gasteiger partial charge in [0.25, 0.3) is 0 Å². The Bertz CT molecular complexity index is 738. The van der Waals surface area contributed by atoms with Gasteiger partial charge in [0.05, 0.1) is 6.16 Å². The molecule has 4 nitrogen and oxygen atoms in total. The van der Waals surface area contributed by atoms with E-state index in [2.05, 4.69) is 0 Å². The average Bonchev–Trinajstić information content (AvgIpc) is 2.55. The number of hydrogen-bond acceptors (Lipinski definition) is 2. The van der Waals surface area contributed by atoms with E-state index in [1.807, 2.05) is 60.7 Å². The summed E-state index contributed by atoms with van der Waals surface area (Å²) >= 11 is 0. The van der Waals surface area contributed by atoms with E-state index in [1.54, 1.807) is 0 Å². The van der Waals surface area contributed by atoms with Gasteiger partial charge in [0.1, 0.15) is 0 Å². The predicted octanol–water partition coefficient (Wildman–Crippen LogP) is 4.75. The van der Waals surface area contributed by atoms with Crippen LogP contribution in [0.5, 0.6) is 0 Å². The Morgan fingerprint density at radius 2 is 1.54 bits per heavy atom. The summed E-state index contributed by atoms with van der Waals surface area (Å²) in [5.41, 5.74) is 2.38. The number of benzene rings is 2. The summed E-state index contributed by atoms with van der Waals surface area (Å²) in [4.78, 5) is 21.1. The van der Waals surface area contributed by atoms with Crippen LogP contribution in [0.2, 0.25) is 0 Å². The SMILES string of the molecule is O=C(O)CCCC(=CP(=O)(O)Cc1ccccc1)c1ccccc1. The van der Waals surface area contributed by atoms with Gasteiger partial charge in [-0.05, 0) is 29.5 Å². The molecule has 0 radical (unpaired) electrons. The molecule has 0 saturated heterocycles. The standard InChI is InChI=1S/C19H21O4P/c20-19(21)13-7-12-18(17-10-5-2-6-11-17)15-24(22,23)14-16-8-3-1-4-9-16/h1-6,8-11,15H,7,12-14H2,(H,20,21)(H,22,23). The van der Waals surface area contributed by atoms with Crippen LogP contribution in [0, 0.1) is 0 Å². The van der Waals surface area contributed by atoms with Gasteiger partial charge in [-0.15, -0.1) is 0 Å². The van der Waals surface area contributed by atoms with Crippen LogP contribution in [0.25, 0.3) is 5.57 Å². The number of carbonyl (C=O) groups is 1. The number of aliphatic carboxylic acids is 1. The maximum Gasteiger partial charge on any atom is 0.303 e. The van der Waals surface area contributed by atoms with E-state index in [1.165, 1.54) is 5.82 Å². The summed E-state index contributed by atoms with van der Waals surface area (Å²) in [6.45, 7) is 0. The van der Waals surface area contributed by atoms with Crippen molar-refractivity contribution in [1.29, 1.82) is 0 Å². The molecule has 5 heteroatoms. The van der Waals surface area contributed by atoms with Crippen molar-refractivity contribution in [2.75, 3.05) is 0 Å². The number of rotatable bonds is 8. The molecule has 2 rings (SSSR count). The van der Waals surface area contributed by atoms with Crippen molar-refractivity contribution in [3.8, 4) is 0 Å². The summed E-state index contributed by atoms with van der Waals surface area (Å²) in [6, 6.07) is 18.5. The predicted molar refractivity (Wildman–Crippen MR) is 95.9 cm³/mol. The lowest BCUT2D eigenvalue weighted by Gasteiger charge is -2.12. The minimum Gasteiger partial charge on any atom is -0.481 e. The number of hydrogen-bond donors (Lipinski definition) is 2. The maximum absolute atomic E-state index is 12.6. The molecule has 24 heavy (non-hydrogen) atoms. The molecule has 126 valence electrons. The fraction of sp³-hybridized carbons (Fsp3) is 0.211. The lowest BCUT2D eigenvalue weighted by molar-refractivity contribution is -0.137. The first-order chi connectivity index (χ1) is 11.5. The van der Waals surface area contributed by atoms with Crippen molar-refractivity contribution < 1.29 is 19.4 Å². The molecule has 0 aromatic heterocycles. The van der Waals surface area contributed by atoms with Gasteiger partial charge in [0.15, 0.2) is 0 Å². The molecule has 0 bridgehead atoms. The molecule has 0 heterocycles. The van der Waals surface area contributed by atoms with Gasteiger partial charge in [-0.3, -0.25) is 9.36 Å². The quantitative estimate of drug-likeness (QED) is 0.678. The molecule has 2 aromatic rings. The smallest absolute Gasteiger partial charge is 0.303 e. The van der Waals surface area contributed by atoms with E-state index in [9.17, 15) is 14.3 Å². The summed E-state index contributed by atoms with van der Waals surface area (Å²) in [7, 11) is -3.51. The Labute approximate surface area is 141 Å². The molecule has 0 saturated carbocycles. The zero-order chi connectivity index (χ0) is 17.4. The molecule has 0 amide bonds. The van der Waals surface area contributed by atoms with E-state index < -0.39 is 13.3 Å². The second-order valence-corrected chi connectivity index (χ2v) is 7.75. The zero-order valence-electron chi connectivity index (χ0n) is 13.3. The van der Waals surface area contributed by atoms with Gasteiger partial charge in [-0.1, -0.05) is 60.7 Å². The first kappa shape index (κ1) is 18.2. The van der Waals surface area contributed by atoms with Crippen LogP contribution in [0.15, 0.2) is 66.5 Å². The Morgan fingerprint density at radius 3 is 2.12 bits per heavy atom. The van der Waals surface area contributed by atoms with Crippen LogP contribution in [0.1, 0.15) is 30.4 Å². The largest absolute Gasteiger partial charge is 0.481 e. The molecule has 1 unspecified atom stereocenters. The third-order valence-corrected chi connectivity index (χ3v) is 5.12. The summed E-state index contributed by atoms with van der Waals surface area (Å²) in [6.07, 6.45) is 0.999. The van der Waals surface area contributed by atoms with Crippen LogP contribution in [0.3, 0.4) is 0 Å². The van der Waals surface area contributed by atoms with Gasteiger partial charge in [-0.2, -0.15) is 0 Å². The van der Waals surface area contributed by atoms with Crippen molar-refractivity contribution in [2.24, 2.45) is 0 Å². The molecule has 0 aliphatic carbocycles. The monoisotopic (exact) mass is 344 g/mol. The van der Waals surface area contributed by atoms with Gasteiger partial charge >= 0.3 is 5.97 Å². The van der Waals surface area contributed by atoms with Crippen LogP contribution in [-0.2, 0) is 15.5 Å². The minimum absolute atomic E-state index is 0.0403. The molecule has 0 fully saturated rings. The fourth-order valence-electron chi connectivity index (χ4n) is 2.50. The average molecular weight is 344 g/mol. The summed E-state index contributed by atoms with van der Waals surface area (Å²) < 4.78 is 12.6. The Morgan fingerprint density at radius 1 is 0.958 bits per heavy atom. The lowest BCUT2D eigenvalue weighted by atomic mass is 10.0. The van der Waals surface area contributed by atoms with Gasteiger partial charge < -0.3 is 10.00 Å². The molecule has 2 aromatic carbocycles. The molecular weight excluding hydrogens is 323 g/mol. The first-order valence-corrected chi connectivity index (χ1v) is 9.72. The van der Waals surface area contributed by atoms with Gasteiger partial charge in [0, 0.05) is 12.2 Å². The Balaban J connectivity index is 2.22. The minimum atomic E-state index is -3.51. The Hall–Kier alpha value is -2.16. The summed E-state index contributed by atoms with van der Waals surface area (Å²) in [5.74, 6) is 0.566. The second-order valence-electron chi connectivity index (χ2n) is 5.67. The molecule has 1 atom stereocenters. The molecule has 0 spiro atoms. The third kappa shape index (κ3) is 6.15. The molecule has 0 aliphatic rings. The van der Waals surface area contributed by atoms with Crippen molar-refractivity contribution in [3.63, 3.8) is 0 Å². The first-order valence-electron chi connectivity index (χ1n) is 7.81. The second kappa shape index (κ2) is 8.62. The van der Waals surface area contributed by atoms with Crippen LogP contribution in [-0.4, -0.2) is 16.0 Å². The molecule has 2 N–H and O–H groups in total. The van der Waals surface area contributed by atoms with Crippen molar-refractivity contribution in [3.05, 3.63) is 77.6 Å². The zero-order valence-corrected chi connectivity index (χ0v) is 14.2. The van der Waals surface area contributed by atoms with Crippen molar-refractivity contribution in [2.45, 2.75) is 25.4 Å². The number of carboxylic acids is 1. The highest BCUT2D eigenvalue weighted by Gasteiger charge is 2.18. The Kier molecular flexibility index (Phi) is 6.53. The van der Waals surface area contributed by atoms with Crippen molar-refractivity contribution in [1.82, 2.24) is 0 Å². The van der Waals surface area contributed by atoms with Gasteiger partial charge in [-0.25, -0.2) is 0 Å². The van der Waals surface area contributed by atoms with E-state index in [0.29, 0.717) is 12.8 Å². The molecule has 0 aliphatic heterocycles. The highest BCUT2D eigenvalue weighted by atomic mass is 31.2. The van der Waals surface area contributed by atoms with E-state index >= 15 is 0 Å². The number of allylic oxidation sites excluding steroid dienone is 1. The number of carboxylic acid groups (broad SMARTS) is 1. The summed E-state index contributed by atoms with van der Waals surface area (Å²) in [5, 5.41) is 8.80. The maximum atomic E-state index is 12.6. The van der Waals surface area contributed by atoms with E-state index in [-0.39, 0.29) is 12.6 Å². The third-order valence-electron chi connectivity index (χ3n) is 3.59. The van der Waals surface area contributed by atoms with E-state index in [4.69, 9.17) is 5.11 Å². The topological polar surface area (TPSA) is 74.6 Å². The van der Waals surface area contributed by atoms with E-state index in [0.717, 1.165) is 16.7 Å². The fourth-order valence-corrected chi connectivity index (χ4v) is 4.09. The van der Waals surface area contributed by atoms with Gasteiger partial charge in [0.2, 0.25) is 7.37 Å². The van der Waals surface area contributed by atoms with Crippen LogP contribution in [0.4, 0.5) is 0 Å². The van der Waals surface area contributed by atoms with Crippen LogP contribution >= 0.6 is 7.37 Å². The highest BCUT2D eigenvalue weighted by molar-refractivity contribution is 7.60. The molecular formula is C19H21O4P. The highest BCUT2D eigenvalue weighted by Crippen LogP contribution is 2.48. The lowest BCUT2D eigenvalue weighted by Crippen LogP contribution is -1.95. The van der Waals surface area contributed by atoms with Crippen LogP contribution < -0.4 is 0 Å². The van der Waals surface area contributed by atoms with Crippen molar-refractivity contribution >= 4 is 18.9 Å².